The van der Waals surface area contributed by atoms with Crippen molar-refractivity contribution in [1.29, 1.82) is 0 Å². The minimum absolute atomic E-state index is 0.0939. The molecule has 2 aromatic carbocycles. The van der Waals surface area contributed by atoms with Crippen LogP contribution in [0.4, 0.5) is 5.69 Å². The topological polar surface area (TPSA) is 58.2 Å². The summed E-state index contributed by atoms with van der Waals surface area (Å²) in [5, 5.41) is 6.63. The number of thiocarbonyl (C=S) groups is 1. The molecule has 1 unspecified atom stereocenters. The lowest BCUT2D eigenvalue weighted by molar-refractivity contribution is 0.600. The molecule has 1 heterocycles. The zero-order valence-electron chi connectivity index (χ0n) is 12.5. The van der Waals surface area contributed by atoms with Crippen LogP contribution < -0.4 is 10.6 Å². The molecule has 0 radical (unpaired) electrons. The van der Waals surface area contributed by atoms with Crippen molar-refractivity contribution >= 4 is 32.9 Å². The van der Waals surface area contributed by atoms with Gasteiger partial charge in [-0.3, -0.25) is 0 Å². The zero-order chi connectivity index (χ0) is 16.3. The third-order valence-corrected chi connectivity index (χ3v) is 5.81. The van der Waals surface area contributed by atoms with Gasteiger partial charge < -0.3 is 10.6 Å². The second-order valence-corrected chi connectivity index (χ2v) is 8.28. The highest BCUT2D eigenvalue weighted by atomic mass is 32.2. The van der Waals surface area contributed by atoms with Gasteiger partial charge in [0.15, 0.2) is 14.9 Å². The van der Waals surface area contributed by atoms with Crippen molar-refractivity contribution in [2.24, 2.45) is 0 Å². The number of anilines is 1. The monoisotopic (exact) mass is 346 g/mol. The minimum atomic E-state index is -2.90. The van der Waals surface area contributed by atoms with E-state index in [2.05, 4.69) is 22.8 Å². The van der Waals surface area contributed by atoms with Crippen molar-refractivity contribution < 1.29 is 8.42 Å². The third-order valence-electron chi connectivity index (χ3n) is 3.82. The van der Waals surface area contributed by atoms with E-state index in [1.807, 2.05) is 42.5 Å². The lowest BCUT2D eigenvalue weighted by atomic mass is 10.1. The molecular formula is C17H18N2O2S2. The molecule has 2 N–H and O–H groups in total. The van der Waals surface area contributed by atoms with Gasteiger partial charge >= 0.3 is 0 Å². The van der Waals surface area contributed by atoms with Crippen LogP contribution in [0, 0.1) is 0 Å². The number of benzene rings is 2. The summed E-state index contributed by atoms with van der Waals surface area (Å²) in [7, 11) is -2.90. The Hall–Kier alpha value is -1.92. The average molecular weight is 346 g/mol. The lowest BCUT2D eigenvalue weighted by Gasteiger charge is -2.15. The second kappa shape index (κ2) is 6.68. The summed E-state index contributed by atoms with van der Waals surface area (Å²) in [5.41, 5.74) is 3.18. The third kappa shape index (κ3) is 4.30. The summed E-state index contributed by atoms with van der Waals surface area (Å²) < 4.78 is 22.9. The Morgan fingerprint density at radius 2 is 1.65 bits per heavy atom. The van der Waals surface area contributed by atoms with Gasteiger partial charge in [-0.25, -0.2) is 8.42 Å². The smallest absolute Gasteiger partial charge is 0.171 e. The van der Waals surface area contributed by atoms with Crippen molar-refractivity contribution in [3.8, 4) is 11.1 Å². The Labute approximate surface area is 141 Å². The zero-order valence-corrected chi connectivity index (χ0v) is 14.2. The number of sulfone groups is 1. The Morgan fingerprint density at radius 3 is 2.26 bits per heavy atom. The fourth-order valence-electron chi connectivity index (χ4n) is 2.64. The molecule has 0 amide bonds. The van der Waals surface area contributed by atoms with Gasteiger partial charge in [-0.2, -0.15) is 0 Å². The largest absolute Gasteiger partial charge is 0.359 e. The maximum atomic E-state index is 11.4. The summed E-state index contributed by atoms with van der Waals surface area (Å²) in [6.07, 6.45) is 0.608. The fourth-order valence-corrected chi connectivity index (χ4v) is 4.60. The van der Waals surface area contributed by atoms with Crippen molar-refractivity contribution in [2.45, 2.75) is 12.5 Å². The molecule has 6 heteroatoms. The van der Waals surface area contributed by atoms with E-state index in [1.54, 1.807) is 0 Å². The van der Waals surface area contributed by atoms with Gasteiger partial charge in [0.1, 0.15) is 0 Å². The minimum Gasteiger partial charge on any atom is -0.359 e. The van der Waals surface area contributed by atoms with Crippen LogP contribution in [0.3, 0.4) is 0 Å². The number of hydrogen-bond acceptors (Lipinski definition) is 3. The Morgan fingerprint density at radius 1 is 1.00 bits per heavy atom. The van der Waals surface area contributed by atoms with Crippen LogP contribution in [0.15, 0.2) is 54.6 Å². The van der Waals surface area contributed by atoms with Crippen molar-refractivity contribution in [1.82, 2.24) is 5.32 Å². The van der Waals surface area contributed by atoms with Crippen LogP contribution in [-0.2, 0) is 9.84 Å². The van der Waals surface area contributed by atoms with E-state index in [0.717, 1.165) is 16.8 Å². The van der Waals surface area contributed by atoms with E-state index in [-0.39, 0.29) is 17.5 Å². The standard InChI is InChI=1S/C17H18N2O2S2/c20-23(21)11-10-16(12-23)19-17(22)18-15-8-6-14(7-9-15)13-4-2-1-3-5-13/h1-9,16H,10-12H2,(H2,18,19,22). The van der Waals surface area contributed by atoms with Crippen molar-refractivity contribution in [3.05, 3.63) is 54.6 Å². The molecule has 1 fully saturated rings. The molecule has 120 valence electrons. The normalized spacial score (nSPS) is 19.2. The molecule has 0 aliphatic carbocycles. The van der Waals surface area contributed by atoms with E-state index in [4.69, 9.17) is 12.2 Å². The fraction of sp³-hybridized carbons (Fsp3) is 0.235. The summed E-state index contributed by atoms with van der Waals surface area (Å²) in [6.45, 7) is 0. The summed E-state index contributed by atoms with van der Waals surface area (Å²) >= 11 is 5.26. The molecule has 2 aromatic rings. The molecule has 1 saturated heterocycles. The first-order valence-corrected chi connectivity index (χ1v) is 9.68. The molecule has 4 nitrogen and oxygen atoms in total. The molecule has 1 aliphatic heterocycles. The van der Waals surface area contributed by atoms with E-state index in [9.17, 15) is 8.42 Å². The first-order chi connectivity index (χ1) is 11.0. The summed E-state index contributed by atoms with van der Waals surface area (Å²) in [4.78, 5) is 0. The first-order valence-electron chi connectivity index (χ1n) is 7.45. The second-order valence-electron chi connectivity index (χ2n) is 5.64. The lowest BCUT2D eigenvalue weighted by Crippen LogP contribution is -2.38. The summed E-state index contributed by atoms with van der Waals surface area (Å²) in [5.74, 6) is 0.390. The van der Waals surface area contributed by atoms with Crippen LogP contribution in [0.1, 0.15) is 6.42 Å². The molecule has 3 rings (SSSR count). The highest BCUT2D eigenvalue weighted by Gasteiger charge is 2.28. The van der Waals surface area contributed by atoms with Gasteiger partial charge in [0.25, 0.3) is 0 Å². The van der Waals surface area contributed by atoms with Gasteiger partial charge in [-0.05, 0) is 41.9 Å². The van der Waals surface area contributed by atoms with Gasteiger partial charge in [0, 0.05) is 11.7 Å². The predicted molar refractivity (Wildman–Crippen MR) is 98.3 cm³/mol. The van der Waals surface area contributed by atoms with Gasteiger partial charge in [0.05, 0.1) is 11.5 Å². The highest BCUT2D eigenvalue weighted by Crippen LogP contribution is 2.21. The maximum Gasteiger partial charge on any atom is 0.171 e. The van der Waals surface area contributed by atoms with Crippen LogP contribution in [0.2, 0.25) is 0 Å². The molecule has 0 spiro atoms. The van der Waals surface area contributed by atoms with Crippen LogP contribution in [0.25, 0.3) is 11.1 Å². The number of hydrogen-bond donors (Lipinski definition) is 2. The van der Waals surface area contributed by atoms with Gasteiger partial charge in [-0.15, -0.1) is 0 Å². The molecule has 1 aliphatic rings. The maximum absolute atomic E-state index is 11.4. The highest BCUT2D eigenvalue weighted by molar-refractivity contribution is 7.91. The molecule has 1 atom stereocenters. The van der Waals surface area contributed by atoms with Crippen molar-refractivity contribution in [2.75, 3.05) is 16.8 Å². The SMILES string of the molecule is O=S1(=O)CCC(NC(=S)Nc2ccc(-c3ccccc3)cc2)C1. The van der Waals surface area contributed by atoms with E-state index in [1.165, 1.54) is 0 Å². The Kier molecular flexibility index (Phi) is 4.63. The van der Waals surface area contributed by atoms with Crippen LogP contribution in [-0.4, -0.2) is 31.1 Å². The van der Waals surface area contributed by atoms with E-state index in [0.29, 0.717) is 11.5 Å². The predicted octanol–water partition coefficient (Wildman–Crippen LogP) is 2.83. The average Bonchev–Trinajstić information content (AvgIpc) is 2.87. The van der Waals surface area contributed by atoms with Gasteiger partial charge in [-0.1, -0.05) is 42.5 Å². The molecular weight excluding hydrogens is 328 g/mol. The van der Waals surface area contributed by atoms with Crippen molar-refractivity contribution in [3.63, 3.8) is 0 Å². The van der Waals surface area contributed by atoms with Crippen LogP contribution in [0.5, 0.6) is 0 Å². The van der Waals surface area contributed by atoms with E-state index < -0.39 is 9.84 Å². The summed E-state index contributed by atoms with van der Waals surface area (Å²) in [6, 6.07) is 18.0. The first kappa shape index (κ1) is 16.0. The number of rotatable bonds is 3. The Balaban J connectivity index is 1.59. The van der Waals surface area contributed by atoms with E-state index >= 15 is 0 Å². The quantitative estimate of drug-likeness (QED) is 0.837. The van der Waals surface area contributed by atoms with Gasteiger partial charge in [0.2, 0.25) is 0 Å². The Bertz CT molecular complexity index is 787. The molecule has 0 bridgehead atoms. The number of nitrogens with one attached hydrogen (secondary N) is 2. The molecule has 23 heavy (non-hydrogen) atoms. The molecule has 0 saturated carbocycles. The molecule has 0 aromatic heterocycles. The van der Waals surface area contributed by atoms with Crippen LogP contribution >= 0.6 is 12.2 Å².